The Hall–Kier alpha value is -2.36. The third kappa shape index (κ3) is 5.09. The van der Waals surface area contributed by atoms with E-state index in [1.54, 1.807) is 6.20 Å². The van der Waals surface area contributed by atoms with E-state index in [0.29, 0.717) is 0 Å². The van der Waals surface area contributed by atoms with Crippen molar-refractivity contribution in [3.8, 4) is 0 Å². The number of pyridine rings is 1. The van der Waals surface area contributed by atoms with Crippen LogP contribution in [-0.4, -0.2) is 42.9 Å². The number of rotatable bonds is 7. The van der Waals surface area contributed by atoms with Gasteiger partial charge in [-0.2, -0.15) is 0 Å². The van der Waals surface area contributed by atoms with Crippen LogP contribution in [0.5, 0.6) is 0 Å². The molecule has 144 valence electrons. The van der Waals surface area contributed by atoms with Crippen LogP contribution in [0.3, 0.4) is 0 Å². The fourth-order valence-electron chi connectivity index (χ4n) is 3.24. The topological polar surface area (TPSA) is 105 Å². The van der Waals surface area contributed by atoms with Crippen LogP contribution in [0.25, 0.3) is 0 Å². The summed E-state index contributed by atoms with van der Waals surface area (Å²) in [5, 5.41) is 11.1. The van der Waals surface area contributed by atoms with Crippen LogP contribution in [-0.2, 0) is 16.6 Å². The Kier molecular flexibility index (Phi) is 6.15. The molecule has 0 bridgehead atoms. The van der Waals surface area contributed by atoms with Crippen LogP contribution >= 0.6 is 0 Å². The lowest BCUT2D eigenvalue weighted by molar-refractivity contribution is -0.387. The molecule has 3 rings (SSSR count). The molecule has 27 heavy (non-hydrogen) atoms. The van der Waals surface area contributed by atoms with E-state index in [1.807, 2.05) is 18.3 Å². The summed E-state index contributed by atoms with van der Waals surface area (Å²) in [5.41, 5.74) is 0.754. The Bertz CT molecular complexity index is 881. The summed E-state index contributed by atoms with van der Waals surface area (Å²) in [6.07, 6.45) is 5.35. The Labute approximate surface area is 158 Å². The van der Waals surface area contributed by atoms with E-state index in [4.69, 9.17) is 0 Å². The first kappa shape index (κ1) is 19.4. The summed E-state index contributed by atoms with van der Waals surface area (Å²) in [7, 11) is -3.91. The van der Waals surface area contributed by atoms with Gasteiger partial charge in [0, 0.05) is 31.5 Å². The minimum absolute atomic E-state index is 0.215. The first-order chi connectivity index (χ1) is 13.0. The molecule has 1 aliphatic rings. The van der Waals surface area contributed by atoms with Gasteiger partial charge in [-0.25, -0.2) is 13.1 Å². The van der Waals surface area contributed by atoms with Gasteiger partial charge in [0.05, 0.1) is 4.92 Å². The third-order valence-electron chi connectivity index (χ3n) is 4.75. The van der Waals surface area contributed by atoms with Crippen LogP contribution < -0.4 is 4.72 Å². The van der Waals surface area contributed by atoms with Gasteiger partial charge in [-0.1, -0.05) is 18.2 Å². The number of nitrogens with zero attached hydrogens (tertiary/aromatic N) is 3. The highest BCUT2D eigenvalue weighted by atomic mass is 32.2. The molecule has 1 saturated heterocycles. The molecule has 0 unspecified atom stereocenters. The van der Waals surface area contributed by atoms with E-state index < -0.39 is 20.6 Å². The predicted octanol–water partition coefficient (Wildman–Crippen LogP) is 2.18. The largest absolute Gasteiger partial charge is 0.299 e. The second-order valence-corrected chi connectivity index (χ2v) is 8.39. The average Bonchev–Trinajstić information content (AvgIpc) is 2.68. The van der Waals surface area contributed by atoms with Crippen molar-refractivity contribution in [2.75, 3.05) is 19.6 Å². The fraction of sp³-hybridized carbons (Fsp3) is 0.389. The van der Waals surface area contributed by atoms with Crippen molar-refractivity contribution in [2.24, 2.45) is 5.92 Å². The molecule has 8 nitrogen and oxygen atoms in total. The van der Waals surface area contributed by atoms with E-state index in [1.165, 1.54) is 24.3 Å². The smallest absolute Gasteiger partial charge is 0.289 e. The number of hydrogen-bond donors (Lipinski definition) is 1. The Morgan fingerprint density at radius 3 is 2.59 bits per heavy atom. The molecule has 0 amide bonds. The van der Waals surface area contributed by atoms with Crippen LogP contribution in [0.2, 0.25) is 0 Å². The standard InChI is InChI=1S/C18H22N4O4S/c23-22(24)17-5-1-2-6-18(17)27(25,26)20-13-15-7-10-21(11-8-15)14-16-4-3-9-19-12-16/h1-6,9,12,15,20H,7-8,10-11,13-14H2. The SMILES string of the molecule is O=[N+]([O-])c1ccccc1S(=O)(=O)NCC1CCN(Cc2cccnc2)CC1. The van der Waals surface area contributed by atoms with Crippen molar-refractivity contribution < 1.29 is 13.3 Å². The monoisotopic (exact) mass is 390 g/mol. The molecule has 1 fully saturated rings. The van der Waals surface area contributed by atoms with Crippen LogP contribution in [0, 0.1) is 16.0 Å². The van der Waals surface area contributed by atoms with Crippen molar-refractivity contribution >= 4 is 15.7 Å². The van der Waals surface area contributed by atoms with Gasteiger partial charge >= 0.3 is 0 Å². The number of likely N-dealkylation sites (tertiary alicyclic amines) is 1. The van der Waals surface area contributed by atoms with E-state index >= 15 is 0 Å². The summed E-state index contributed by atoms with van der Waals surface area (Å²) < 4.78 is 27.5. The number of nitro benzene ring substituents is 1. The van der Waals surface area contributed by atoms with Crippen molar-refractivity contribution in [1.82, 2.24) is 14.6 Å². The molecule has 0 atom stereocenters. The van der Waals surface area contributed by atoms with Crippen molar-refractivity contribution in [2.45, 2.75) is 24.3 Å². The predicted molar refractivity (Wildman–Crippen MR) is 101 cm³/mol. The summed E-state index contributed by atoms with van der Waals surface area (Å²) >= 11 is 0. The highest BCUT2D eigenvalue weighted by Crippen LogP contribution is 2.24. The first-order valence-corrected chi connectivity index (χ1v) is 10.3. The van der Waals surface area contributed by atoms with Crippen molar-refractivity contribution in [3.63, 3.8) is 0 Å². The summed E-state index contributed by atoms with van der Waals surface area (Å²) in [4.78, 5) is 16.5. The number of nitro groups is 1. The first-order valence-electron chi connectivity index (χ1n) is 8.80. The Morgan fingerprint density at radius 2 is 1.93 bits per heavy atom. The maximum Gasteiger partial charge on any atom is 0.289 e. The molecule has 1 N–H and O–H groups in total. The molecule has 9 heteroatoms. The van der Waals surface area contributed by atoms with Gasteiger partial charge in [0.25, 0.3) is 5.69 Å². The quantitative estimate of drug-likeness (QED) is 0.574. The molecule has 2 aromatic rings. The normalized spacial score (nSPS) is 16.3. The van der Waals surface area contributed by atoms with Gasteiger partial charge in [0.1, 0.15) is 0 Å². The molecule has 0 aliphatic carbocycles. The van der Waals surface area contributed by atoms with Gasteiger partial charge in [-0.05, 0) is 49.5 Å². The van der Waals surface area contributed by atoms with Gasteiger partial charge < -0.3 is 0 Å². The minimum Gasteiger partial charge on any atom is -0.299 e. The zero-order valence-corrected chi connectivity index (χ0v) is 15.6. The fourth-order valence-corrected chi connectivity index (χ4v) is 4.53. The molecule has 0 spiro atoms. The lowest BCUT2D eigenvalue weighted by Gasteiger charge is -2.31. The summed E-state index contributed by atoms with van der Waals surface area (Å²) in [6, 6.07) is 9.36. The van der Waals surface area contributed by atoms with Gasteiger partial charge in [-0.3, -0.25) is 20.0 Å². The highest BCUT2D eigenvalue weighted by Gasteiger charge is 2.27. The second kappa shape index (κ2) is 8.55. The molecule has 2 heterocycles. The number of aromatic nitrogens is 1. The van der Waals surface area contributed by atoms with E-state index in [2.05, 4.69) is 14.6 Å². The third-order valence-corrected chi connectivity index (χ3v) is 6.22. The zero-order chi connectivity index (χ0) is 19.3. The Balaban J connectivity index is 1.53. The molecular formula is C18H22N4O4S. The molecule has 1 aromatic heterocycles. The number of sulfonamides is 1. The van der Waals surface area contributed by atoms with Crippen molar-refractivity contribution in [1.29, 1.82) is 0 Å². The van der Waals surface area contributed by atoms with Crippen LogP contribution in [0.15, 0.2) is 53.7 Å². The summed E-state index contributed by atoms with van der Waals surface area (Å²) in [6.45, 7) is 2.89. The van der Waals surface area contributed by atoms with E-state index in [9.17, 15) is 18.5 Å². The summed E-state index contributed by atoms with van der Waals surface area (Å²) in [5.74, 6) is 0.215. The number of para-hydroxylation sites is 1. The molecule has 1 aliphatic heterocycles. The Morgan fingerprint density at radius 1 is 1.19 bits per heavy atom. The van der Waals surface area contributed by atoms with Gasteiger partial charge in [0.2, 0.25) is 10.0 Å². The lowest BCUT2D eigenvalue weighted by atomic mass is 9.97. The van der Waals surface area contributed by atoms with Gasteiger partial charge in [0.15, 0.2) is 4.90 Å². The number of nitrogens with one attached hydrogen (secondary N) is 1. The number of benzene rings is 1. The average molecular weight is 390 g/mol. The van der Waals surface area contributed by atoms with E-state index in [-0.39, 0.29) is 17.4 Å². The van der Waals surface area contributed by atoms with Crippen molar-refractivity contribution in [3.05, 3.63) is 64.5 Å². The van der Waals surface area contributed by atoms with Gasteiger partial charge in [-0.15, -0.1) is 0 Å². The highest BCUT2D eigenvalue weighted by molar-refractivity contribution is 7.89. The maximum absolute atomic E-state index is 12.5. The zero-order valence-electron chi connectivity index (χ0n) is 14.8. The van der Waals surface area contributed by atoms with Crippen LogP contribution in [0.4, 0.5) is 5.69 Å². The molecule has 1 aromatic carbocycles. The second-order valence-electron chi connectivity index (χ2n) is 6.66. The lowest BCUT2D eigenvalue weighted by Crippen LogP contribution is -2.38. The molecule has 0 radical (unpaired) electrons. The van der Waals surface area contributed by atoms with E-state index in [0.717, 1.165) is 38.0 Å². The molecule has 0 saturated carbocycles. The molecular weight excluding hydrogens is 368 g/mol. The van der Waals surface area contributed by atoms with Crippen LogP contribution in [0.1, 0.15) is 18.4 Å². The number of piperidine rings is 1. The maximum atomic E-state index is 12.5. The minimum atomic E-state index is -3.91. The number of hydrogen-bond acceptors (Lipinski definition) is 6.